The van der Waals surface area contributed by atoms with E-state index in [9.17, 15) is 13.2 Å². The molecule has 2 heterocycles. The molecular formula is C24H28F3N3O. The van der Waals surface area contributed by atoms with Crippen LogP contribution in [0, 0.1) is 0 Å². The van der Waals surface area contributed by atoms with Crippen LogP contribution in [0.1, 0.15) is 49.5 Å². The van der Waals surface area contributed by atoms with E-state index in [1.165, 1.54) is 17.7 Å². The number of fused-ring (bicyclic) bond motifs is 1. The number of nitrogens with one attached hydrogen (secondary N) is 1. The Balaban J connectivity index is 1.66. The highest BCUT2D eigenvalue weighted by Gasteiger charge is 2.36. The van der Waals surface area contributed by atoms with Gasteiger partial charge in [0.05, 0.1) is 35.6 Å². The first-order chi connectivity index (χ1) is 14.8. The number of hydrogen-bond donors (Lipinski definition) is 1. The van der Waals surface area contributed by atoms with Gasteiger partial charge in [0, 0.05) is 17.5 Å². The number of aromatic nitrogens is 2. The van der Waals surface area contributed by atoms with Crippen LogP contribution in [0.25, 0.3) is 11.0 Å². The second-order valence-corrected chi connectivity index (χ2v) is 8.31. The van der Waals surface area contributed by atoms with Gasteiger partial charge in [-0.15, -0.1) is 0 Å². The number of rotatable bonds is 6. The van der Waals surface area contributed by atoms with E-state index in [1.54, 1.807) is 10.9 Å². The molecule has 0 amide bonds. The van der Waals surface area contributed by atoms with Crippen LogP contribution in [-0.2, 0) is 22.9 Å². The number of benzene rings is 2. The minimum Gasteiger partial charge on any atom is -0.373 e. The molecule has 4 nitrogen and oxygen atoms in total. The molecule has 3 aromatic rings. The molecule has 4 rings (SSSR count). The molecule has 1 saturated heterocycles. The Labute approximate surface area is 180 Å². The first kappa shape index (κ1) is 21.8. The van der Waals surface area contributed by atoms with E-state index < -0.39 is 17.8 Å². The Kier molecular flexibility index (Phi) is 6.08. The molecule has 0 aliphatic carbocycles. The summed E-state index contributed by atoms with van der Waals surface area (Å²) in [4.78, 5) is 4.41. The molecule has 0 saturated carbocycles. The average molecular weight is 432 g/mol. The number of halogens is 3. The third-order valence-corrected chi connectivity index (χ3v) is 6.42. The normalized spacial score (nSPS) is 17.7. The molecule has 1 fully saturated rings. The first-order valence-electron chi connectivity index (χ1n) is 10.8. The highest BCUT2D eigenvalue weighted by atomic mass is 19.4. The van der Waals surface area contributed by atoms with Gasteiger partial charge in [0.15, 0.2) is 0 Å². The van der Waals surface area contributed by atoms with Crippen LogP contribution in [0.5, 0.6) is 0 Å². The van der Waals surface area contributed by atoms with Crippen LogP contribution < -0.4 is 5.32 Å². The number of piperidine rings is 1. The van der Waals surface area contributed by atoms with Crippen molar-refractivity contribution in [1.29, 1.82) is 0 Å². The lowest BCUT2D eigenvalue weighted by molar-refractivity contribution is -0.137. The SMILES string of the molecule is CCn1cnc2c(C(C)OCC3(c4ccccc4)CCNCC3)cc(C(F)(F)F)cc21. The zero-order chi connectivity index (χ0) is 22.1. The Morgan fingerprint density at radius 1 is 1.16 bits per heavy atom. The van der Waals surface area contributed by atoms with Gasteiger partial charge in [-0.2, -0.15) is 13.2 Å². The molecule has 1 aliphatic rings. The second kappa shape index (κ2) is 8.63. The molecule has 1 unspecified atom stereocenters. The van der Waals surface area contributed by atoms with E-state index in [0.29, 0.717) is 29.7 Å². The molecule has 7 heteroatoms. The maximum atomic E-state index is 13.6. The Bertz CT molecular complexity index is 1020. The van der Waals surface area contributed by atoms with Gasteiger partial charge < -0.3 is 14.6 Å². The quantitative estimate of drug-likeness (QED) is 0.562. The largest absolute Gasteiger partial charge is 0.416 e. The molecule has 1 N–H and O–H groups in total. The average Bonchev–Trinajstić information content (AvgIpc) is 3.20. The van der Waals surface area contributed by atoms with Gasteiger partial charge in [0.2, 0.25) is 0 Å². The number of hydrogen-bond acceptors (Lipinski definition) is 3. The number of nitrogens with zero attached hydrogens (tertiary/aromatic N) is 2. The fraction of sp³-hybridized carbons (Fsp3) is 0.458. The molecule has 0 spiro atoms. The minimum absolute atomic E-state index is 0.149. The predicted octanol–water partition coefficient (Wildman–Crippen LogP) is 5.47. The van der Waals surface area contributed by atoms with Crippen molar-refractivity contribution in [3.05, 3.63) is 65.5 Å². The number of imidazole rings is 1. The van der Waals surface area contributed by atoms with Gasteiger partial charge in [-0.25, -0.2) is 4.98 Å². The van der Waals surface area contributed by atoms with Crippen molar-refractivity contribution in [1.82, 2.24) is 14.9 Å². The van der Waals surface area contributed by atoms with Crippen LogP contribution in [0.3, 0.4) is 0 Å². The number of aryl methyl sites for hydroxylation is 1. The molecule has 1 aliphatic heterocycles. The molecule has 31 heavy (non-hydrogen) atoms. The molecule has 166 valence electrons. The molecule has 1 atom stereocenters. The van der Waals surface area contributed by atoms with E-state index in [1.807, 2.05) is 32.0 Å². The van der Waals surface area contributed by atoms with Crippen LogP contribution >= 0.6 is 0 Å². The monoisotopic (exact) mass is 431 g/mol. The van der Waals surface area contributed by atoms with Gasteiger partial charge in [0.1, 0.15) is 0 Å². The minimum atomic E-state index is -4.42. The Morgan fingerprint density at radius 3 is 2.52 bits per heavy atom. The van der Waals surface area contributed by atoms with Gasteiger partial charge >= 0.3 is 6.18 Å². The van der Waals surface area contributed by atoms with Crippen LogP contribution in [0.2, 0.25) is 0 Å². The lowest BCUT2D eigenvalue weighted by Gasteiger charge is -2.38. The van der Waals surface area contributed by atoms with Crippen LogP contribution in [-0.4, -0.2) is 29.2 Å². The smallest absolute Gasteiger partial charge is 0.373 e. The van der Waals surface area contributed by atoms with Crippen molar-refractivity contribution >= 4 is 11.0 Å². The molecule has 0 bridgehead atoms. The van der Waals surface area contributed by atoms with E-state index in [4.69, 9.17) is 4.74 Å². The molecular weight excluding hydrogens is 403 g/mol. The van der Waals surface area contributed by atoms with Gasteiger partial charge in [-0.3, -0.25) is 0 Å². The summed E-state index contributed by atoms with van der Waals surface area (Å²) in [5.74, 6) is 0. The second-order valence-electron chi connectivity index (χ2n) is 8.31. The Hall–Kier alpha value is -2.38. The predicted molar refractivity (Wildman–Crippen MR) is 115 cm³/mol. The summed E-state index contributed by atoms with van der Waals surface area (Å²) in [5.41, 5.74) is 1.94. The van der Waals surface area contributed by atoms with Crippen LogP contribution in [0.15, 0.2) is 48.8 Å². The van der Waals surface area contributed by atoms with Crippen molar-refractivity contribution in [2.45, 2.75) is 50.9 Å². The summed E-state index contributed by atoms with van der Waals surface area (Å²) in [7, 11) is 0. The van der Waals surface area contributed by atoms with E-state index in [2.05, 4.69) is 22.4 Å². The zero-order valence-corrected chi connectivity index (χ0v) is 17.9. The highest BCUT2D eigenvalue weighted by Crippen LogP contribution is 2.38. The highest BCUT2D eigenvalue weighted by molar-refractivity contribution is 5.80. The molecule has 0 radical (unpaired) electrons. The lowest BCUT2D eigenvalue weighted by atomic mass is 9.74. The van der Waals surface area contributed by atoms with Gasteiger partial charge in [-0.1, -0.05) is 30.3 Å². The van der Waals surface area contributed by atoms with Crippen LogP contribution in [0.4, 0.5) is 13.2 Å². The Morgan fingerprint density at radius 2 is 1.87 bits per heavy atom. The molecule has 1 aromatic heterocycles. The van der Waals surface area contributed by atoms with Gasteiger partial charge in [0.25, 0.3) is 0 Å². The zero-order valence-electron chi connectivity index (χ0n) is 17.9. The fourth-order valence-electron chi connectivity index (χ4n) is 4.50. The van der Waals surface area contributed by atoms with Crippen molar-refractivity contribution in [3.8, 4) is 0 Å². The third-order valence-electron chi connectivity index (χ3n) is 6.42. The summed E-state index contributed by atoms with van der Waals surface area (Å²) in [6, 6.07) is 12.6. The topological polar surface area (TPSA) is 39.1 Å². The van der Waals surface area contributed by atoms with E-state index in [0.717, 1.165) is 25.9 Å². The van der Waals surface area contributed by atoms with E-state index >= 15 is 0 Å². The van der Waals surface area contributed by atoms with Gasteiger partial charge in [-0.05, 0) is 57.5 Å². The molecule has 2 aromatic carbocycles. The van der Waals surface area contributed by atoms with Crippen molar-refractivity contribution in [3.63, 3.8) is 0 Å². The summed E-state index contributed by atoms with van der Waals surface area (Å²) in [6.07, 6.45) is -1.50. The first-order valence-corrected chi connectivity index (χ1v) is 10.8. The van der Waals surface area contributed by atoms with Crippen molar-refractivity contribution in [2.24, 2.45) is 0 Å². The lowest BCUT2D eigenvalue weighted by Crippen LogP contribution is -2.43. The van der Waals surface area contributed by atoms with E-state index in [-0.39, 0.29) is 5.41 Å². The maximum absolute atomic E-state index is 13.6. The number of ether oxygens (including phenoxy) is 1. The summed E-state index contributed by atoms with van der Waals surface area (Å²) in [5, 5.41) is 3.39. The summed E-state index contributed by atoms with van der Waals surface area (Å²) >= 11 is 0. The summed E-state index contributed by atoms with van der Waals surface area (Å²) < 4.78 is 48.8. The standard InChI is InChI=1S/C24H28F3N3O/c1-3-30-16-29-22-20(13-19(14-21(22)30)24(25,26)27)17(2)31-15-23(9-11-28-12-10-23)18-7-5-4-6-8-18/h4-8,13-14,16-17,28H,3,9-12,15H2,1-2H3. The number of alkyl halides is 3. The van der Waals surface area contributed by atoms with Crippen molar-refractivity contribution in [2.75, 3.05) is 19.7 Å². The summed E-state index contributed by atoms with van der Waals surface area (Å²) in [6.45, 7) is 6.49. The van der Waals surface area contributed by atoms with Crippen molar-refractivity contribution < 1.29 is 17.9 Å². The fourth-order valence-corrected chi connectivity index (χ4v) is 4.50. The third kappa shape index (κ3) is 4.34. The maximum Gasteiger partial charge on any atom is 0.416 e.